The maximum atomic E-state index is 12.9. The number of nitrogens with zero attached hydrogens (tertiary/aromatic N) is 4. The lowest BCUT2D eigenvalue weighted by molar-refractivity contribution is 0.384. The van der Waals surface area contributed by atoms with Gasteiger partial charge in [0.2, 0.25) is 0 Å². The molecule has 0 aromatic carbocycles. The van der Waals surface area contributed by atoms with E-state index in [0.29, 0.717) is 23.3 Å². The molecule has 2 aliphatic rings. The molecule has 0 radical (unpaired) electrons. The third-order valence-electron chi connectivity index (χ3n) is 6.98. The molecule has 29 heavy (non-hydrogen) atoms. The van der Waals surface area contributed by atoms with Crippen LogP contribution < -0.4 is 0 Å². The molecule has 0 aliphatic heterocycles. The summed E-state index contributed by atoms with van der Waals surface area (Å²) < 4.78 is 27.8. The van der Waals surface area contributed by atoms with Crippen LogP contribution in [-0.2, 0) is 9.84 Å². The summed E-state index contributed by atoms with van der Waals surface area (Å²) in [5.41, 5.74) is 2.53. The topological polar surface area (TPSA) is 93.0 Å². The van der Waals surface area contributed by atoms with E-state index >= 15 is 0 Å². The van der Waals surface area contributed by atoms with E-state index in [9.17, 15) is 8.42 Å². The second kappa shape index (κ2) is 7.38. The summed E-state index contributed by atoms with van der Waals surface area (Å²) in [4.78, 5) is 7.53. The Morgan fingerprint density at radius 1 is 1.10 bits per heavy atom. The lowest BCUT2D eigenvalue weighted by atomic mass is 9.91. The number of sulfone groups is 1. The molecule has 3 aromatic heterocycles. The lowest BCUT2D eigenvalue weighted by Crippen LogP contribution is -2.24. The Bertz CT molecular complexity index is 1110. The third kappa shape index (κ3) is 3.67. The van der Waals surface area contributed by atoms with E-state index in [1.807, 2.05) is 12.3 Å². The molecule has 3 atom stereocenters. The Hall–Kier alpha value is -1.96. The fourth-order valence-electron chi connectivity index (χ4n) is 5.65. The maximum absolute atomic E-state index is 12.9. The van der Waals surface area contributed by atoms with Crippen molar-refractivity contribution in [2.75, 3.05) is 11.5 Å². The van der Waals surface area contributed by atoms with Crippen LogP contribution in [0, 0.1) is 17.8 Å². The zero-order chi connectivity index (χ0) is 20.0. The molecule has 1 N–H and O–H groups in total. The van der Waals surface area contributed by atoms with Gasteiger partial charge in [-0.15, -0.1) is 10.2 Å². The number of nitrogens with one attached hydrogen (secondary N) is 1. The fraction of sp³-hybridized carbons (Fsp3) is 0.667. The van der Waals surface area contributed by atoms with E-state index in [0.717, 1.165) is 48.3 Å². The number of rotatable bonds is 5. The predicted molar refractivity (Wildman–Crippen MR) is 112 cm³/mol. The standard InChI is InChI=1S/C21H29N5O2S/c1-14-9-16(13-29(27,28)12-15-5-3-2-4-6-15)10-17(14)21-25-24-19-11-23-20-18(26(19)21)7-8-22-20/h7-8,11,14-17,22H,2-6,9-10,12-13H2,1H3/t14-,16+,17+/m1/s1. The number of aromatic nitrogens is 5. The minimum absolute atomic E-state index is 0.208. The van der Waals surface area contributed by atoms with Gasteiger partial charge in [0.15, 0.2) is 21.1 Å². The van der Waals surface area contributed by atoms with Gasteiger partial charge in [-0.05, 0) is 49.5 Å². The minimum Gasteiger partial charge on any atom is -0.345 e. The van der Waals surface area contributed by atoms with E-state index in [4.69, 9.17) is 0 Å². The van der Waals surface area contributed by atoms with Crippen molar-refractivity contribution < 1.29 is 8.42 Å². The van der Waals surface area contributed by atoms with Gasteiger partial charge in [-0.1, -0.05) is 26.2 Å². The normalized spacial score (nSPS) is 26.6. The van der Waals surface area contributed by atoms with Crippen LogP contribution in [0.15, 0.2) is 18.5 Å². The summed E-state index contributed by atoms with van der Waals surface area (Å²) in [5.74, 6) is 2.83. The average Bonchev–Trinajstić information content (AvgIpc) is 3.38. The molecule has 8 heteroatoms. The van der Waals surface area contributed by atoms with Gasteiger partial charge in [-0.25, -0.2) is 13.4 Å². The van der Waals surface area contributed by atoms with Crippen LogP contribution in [0.5, 0.6) is 0 Å². The first kappa shape index (κ1) is 19.0. The number of hydrogen-bond acceptors (Lipinski definition) is 5. The minimum atomic E-state index is -3.01. The van der Waals surface area contributed by atoms with Gasteiger partial charge in [0.25, 0.3) is 0 Å². The third-order valence-corrected chi connectivity index (χ3v) is 8.94. The van der Waals surface area contributed by atoms with Crippen molar-refractivity contribution in [3.05, 3.63) is 24.3 Å². The molecule has 2 fully saturated rings. The summed E-state index contributed by atoms with van der Waals surface area (Å²) in [5, 5.41) is 8.81. The Morgan fingerprint density at radius 2 is 1.90 bits per heavy atom. The molecule has 156 valence electrons. The first-order valence-electron chi connectivity index (χ1n) is 10.9. The highest BCUT2D eigenvalue weighted by atomic mass is 32.2. The highest BCUT2D eigenvalue weighted by Crippen LogP contribution is 2.43. The van der Waals surface area contributed by atoms with Crippen LogP contribution in [0.2, 0.25) is 0 Å². The van der Waals surface area contributed by atoms with Crippen LogP contribution in [0.3, 0.4) is 0 Å². The Labute approximate surface area is 171 Å². The Morgan fingerprint density at radius 3 is 2.72 bits per heavy atom. The largest absolute Gasteiger partial charge is 0.345 e. The molecule has 2 aliphatic carbocycles. The van der Waals surface area contributed by atoms with E-state index in [1.165, 1.54) is 19.3 Å². The van der Waals surface area contributed by atoms with Gasteiger partial charge >= 0.3 is 0 Å². The van der Waals surface area contributed by atoms with Gasteiger partial charge in [-0.3, -0.25) is 4.40 Å². The van der Waals surface area contributed by atoms with Crippen molar-refractivity contribution in [2.24, 2.45) is 17.8 Å². The Kier molecular flexibility index (Phi) is 4.84. The average molecular weight is 416 g/mol. The summed E-state index contributed by atoms with van der Waals surface area (Å²) in [6.45, 7) is 2.22. The predicted octanol–water partition coefficient (Wildman–Crippen LogP) is 3.73. The summed E-state index contributed by atoms with van der Waals surface area (Å²) >= 11 is 0. The SMILES string of the molecule is C[C@@H]1C[C@H](CS(=O)(=O)CC2CCCCC2)C[C@@H]1c1nnc2cnc3[nH]ccc3n12. The van der Waals surface area contributed by atoms with Gasteiger partial charge in [0.1, 0.15) is 5.82 Å². The molecule has 7 nitrogen and oxygen atoms in total. The summed E-state index contributed by atoms with van der Waals surface area (Å²) in [6, 6.07) is 1.99. The number of fused-ring (bicyclic) bond motifs is 3. The van der Waals surface area contributed by atoms with Crippen molar-refractivity contribution in [1.82, 2.24) is 24.6 Å². The van der Waals surface area contributed by atoms with Crippen LogP contribution in [0.4, 0.5) is 0 Å². The van der Waals surface area contributed by atoms with Crippen molar-refractivity contribution in [1.29, 1.82) is 0 Å². The molecular formula is C21H29N5O2S. The highest BCUT2D eigenvalue weighted by molar-refractivity contribution is 7.91. The second-order valence-electron chi connectivity index (χ2n) is 9.22. The molecule has 0 unspecified atom stereocenters. The molecule has 0 amide bonds. The molecule has 3 aromatic rings. The first-order valence-corrected chi connectivity index (χ1v) is 12.7. The van der Waals surface area contributed by atoms with Gasteiger partial charge in [-0.2, -0.15) is 0 Å². The molecular weight excluding hydrogens is 386 g/mol. The zero-order valence-corrected chi connectivity index (χ0v) is 17.7. The lowest BCUT2D eigenvalue weighted by Gasteiger charge is -2.22. The quantitative estimate of drug-likeness (QED) is 0.685. The molecule has 2 saturated carbocycles. The fourth-order valence-corrected chi connectivity index (χ4v) is 7.83. The van der Waals surface area contributed by atoms with Crippen molar-refractivity contribution >= 4 is 26.6 Å². The molecule has 0 bridgehead atoms. The smallest absolute Gasteiger partial charge is 0.179 e. The summed E-state index contributed by atoms with van der Waals surface area (Å²) in [6.07, 6.45) is 11.2. The highest BCUT2D eigenvalue weighted by Gasteiger charge is 2.38. The molecule has 5 rings (SSSR count). The van der Waals surface area contributed by atoms with Gasteiger partial charge < -0.3 is 4.98 Å². The molecule has 0 spiro atoms. The van der Waals surface area contributed by atoms with Gasteiger partial charge in [0.05, 0.1) is 23.2 Å². The molecule has 3 heterocycles. The molecule has 0 saturated heterocycles. The van der Waals surface area contributed by atoms with Crippen LogP contribution in [0.1, 0.15) is 63.6 Å². The number of aromatic amines is 1. The van der Waals surface area contributed by atoms with E-state index in [2.05, 4.69) is 31.5 Å². The Balaban J connectivity index is 1.35. The van der Waals surface area contributed by atoms with Crippen molar-refractivity contribution in [3.8, 4) is 0 Å². The van der Waals surface area contributed by atoms with Crippen LogP contribution in [-0.4, -0.2) is 44.5 Å². The number of H-pyrrole nitrogens is 1. The number of hydrogen-bond donors (Lipinski definition) is 1. The van der Waals surface area contributed by atoms with E-state index in [1.54, 1.807) is 6.20 Å². The zero-order valence-electron chi connectivity index (χ0n) is 16.9. The second-order valence-corrected chi connectivity index (χ2v) is 11.4. The van der Waals surface area contributed by atoms with Crippen molar-refractivity contribution in [2.45, 2.75) is 57.8 Å². The van der Waals surface area contributed by atoms with Gasteiger partial charge in [0, 0.05) is 12.1 Å². The maximum Gasteiger partial charge on any atom is 0.179 e. The van der Waals surface area contributed by atoms with Crippen molar-refractivity contribution in [3.63, 3.8) is 0 Å². The van der Waals surface area contributed by atoms with Crippen LogP contribution in [0.25, 0.3) is 16.8 Å². The first-order chi connectivity index (χ1) is 14.0. The monoisotopic (exact) mass is 415 g/mol. The van der Waals surface area contributed by atoms with Crippen LogP contribution >= 0.6 is 0 Å². The van der Waals surface area contributed by atoms with E-state index < -0.39 is 9.84 Å². The summed E-state index contributed by atoms with van der Waals surface area (Å²) in [7, 11) is -3.01. The van der Waals surface area contributed by atoms with E-state index in [-0.39, 0.29) is 11.8 Å².